The fourth-order valence-corrected chi connectivity index (χ4v) is 1.18. The minimum absolute atomic E-state index is 0.116. The molecular formula is C8H10BFO4. The molecular weight excluding hydrogens is 190 g/mol. The number of hydrogen-bond acceptors (Lipinski definition) is 4. The predicted molar refractivity (Wildman–Crippen MR) is 49.3 cm³/mol. The number of hydrogen-bond donors (Lipinski definition) is 2. The predicted octanol–water partition coefficient (Wildman–Crippen LogP) is -0.477. The Kier molecular flexibility index (Phi) is 3.32. The van der Waals surface area contributed by atoms with Gasteiger partial charge in [0.15, 0.2) is 11.6 Å². The van der Waals surface area contributed by atoms with Crippen LogP contribution in [0.3, 0.4) is 0 Å². The molecule has 0 heterocycles. The van der Waals surface area contributed by atoms with E-state index in [4.69, 9.17) is 19.5 Å². The Hall–Kier alpha value is -1.27. The van der Waals surface area contributed by atoms with Crippen LogP contribution >= 0.6 is 0 Å². The molecule has 4 nitrogen and oxygen atoms in total. The maximum Gasteiger partial charge on any atom is 0.496 e. The van der Waals surface area contributed by atoms with Crippen molar-refractivity contribution in [3.63, 3.8) is 0 Å². The fraction of sp³-hybridized carbons (Fsp3) is 0.250. The maximum atomic E-state index is 13.1. The van der Waals surface area contributed by atoms with Crippen LogP contribution in [-0.4, -0.2) is 31.4 Å². The van der Waals surface area contributed by atoms with Crippen LogP contribution in [0.4, 0.5) is 4.39 Å². The van der Waals surface area contributed by atoms with Gasteiger partial charge in [-0.2, -0.15) is 0 Å². The van der Waals surface area contributed by atoms with Gasteiger partial charge >= 0.3 is 7.12 Å². The van der Waals surface area contributed by atoms with Crippen LogP contribution in [0.2, 0.25) is 0 Å². The van der Waals surface area contributed by atoms with Crippen LogP contribution in [-0.2, 0) is 0 Å². The largest absolute Gasteiger partial charge is 0.497 e. The lowest BCUT2D eigenvalue weighted by molar-refractivity contribution is 0.369. The van der Waals surface area contributed by atoms with Crippen molar-refractivity contribution in [1.29, 1.82) is 0 Å². The van der Waals surface area contributed by atoms with Gasteiger partial charge in [0, 0.05) is 0 Å². The van der Waals surface area contributed by atoms with E-state index in [1.54, 1.807) is 0 Å². The van der Waals surface area contributed by atoms with Crippen molar-refractivity contribution in [3.8, 4) is 11.5 Å². The van der Waals surface area contributed by atoms with Crippen LogP contribution in [0, 0.1) is 5.82 Å². The van der Waals surface area contributed by atoms with E-state index >= 15 is 0 Å². The van der Waals surface area contributed by atoms with Gasteiger partial charge in [-0.25, -0.2) is 4.39 Å². The van der Waals surface area contributed by atoms with Gasteiger partial charge in [-0.1, -0.05) is 0 Å². The Morgan fingerprint density at radius 1 is 1.21 bits per heavy atom. The second kappa shape index (κ2) is 4.30. The van der Waals surface area contributed by atoms with E-state index in [0.717, 1.165) is 6.07 Å². The number of halogens is 1. The number of ether oxygens (including phenoxy) is 2. The molecule has 0 aliphatic heterocycles. The molecule has 0 unspecified atom stereocenters. The SMILES string of the molecule is COc1ccc(F)c(OC)c1B(O)O. The van der Waals surface area contributed by atoms with E-state index in [2.05, 4.69) is 0 Å². The van der Waals surface area contributed by atoms with Gasteiger partial charge in [0.25, 0.3) is 0 Å². The lowest BCUT2D eigenvalue weighted by atomic mass is 9.78. The zero-order chi connectivity index (χ0) is 10.7. The molecule has 0 atom stereocenters. The molecule has 0 saturated carbocycles. The molecule has 76 valence electrons. The number of methoxy groups -OCH3 is 2. The first-order valence-corrected chi connectivity index (χ1v) is 3.88. The summed E-state index contributed by atoms with van der Waals surface area (Å²) in [5, 5.41) is 18.0. The highest BCUT2D eigenvalue weighted by Gasteiger charge is 2.25. The lowest BCUT2D eigenvalue weighted by Crippen LogP contribution is -2.33. The van der Waals surface area contributed by atoms with Gasteiger partial charge in [0.05, 0.1) is 19.7 Å². The average molecular weight is 200 g/mol. The zero-order valence-electron chi connectivity index (χ0n) is 7.82. The molecule has 14 heavy (non-hydrogen) atoms. The van der Waals surface area contributed by atoms with Gasteiger partial charge in [0.1, 0.15) is 5.75 Å². The third kappa shape index (κ3) is 1.81. The molecule has 0 aliphatic rings. The quantitative estimate of drug-likeness (QED) is 0.647. The molecule has 0 aliphatic carbocycles. The molecule has 0 spiro atoms. The van der Waals surface area contributed by atoms with Crippen molar-refractivity contribution in [2.45, 2.75) is 0 Å². The summed E-state index contributed by atoms with van der Waals surface area (Å²) < 4.78 is 22.7. The van der Waals surface area contributed by atoms with E-state index in [-0.39, 0.29) is 17.0 Å². The highest BCUT2D eigenvalue weighted by Crippen LogP contribution is 2.20. The normalized spacial score (nSPS) is 9.79. The second-order valence-corrected chi connectivity index (χ2v) is 2.57. The zero-order valence-corrected chi connectivity index (χ0v) is 7.82. The Morgan fingerprint density at radius 2 is 1.86 bits per heavy atom. The molecule has 0 fully saturated rings. The number of benzene rings is 1. The summed E-state index contributed by atoms with van der Waals surface area (Å²) in [5.41, 5.74) is -0.116. The molecule has 0 bridgehead atoms. The average Bonchev–Trinajstić information content (AvgIpc) is 2.17. The van der Waals surface area contributed by atoms with E-state index in [1.165, 1.54) is 20.3 Å². The Morgan fingerprint density at radius 3 is 2.29 bits per heavy atom. The number of rotatable bonds is 3. The summed E-state index contributed by atoms with van der Waals surface area (Å²) >= 11 is 0. The lowest BCUT2D eigenvalue weighted by Gasteiger charge is -2.12. The second-order valence-electron chi connectivity index (χ2n) is 2.57. The summed E-state index contributed by atoms with van der Waals surface area (Å²) in [4.78, 5) is 0. The van der Waals surface area contributed by atoms with Crippen LogP contribution < -0.4 is 14.9 Å². The van der Waals surface area contributed by atoms with Gasteiger partial charge in [-0.05, 0) is 12.1 Å². The molecule has 2 N–H and O–H groups in total. The highest BCUT2D eigenvalue weighted by atomic mass is 19.1. The van der Waals surface area contributed by atoms with Crippen LogP contribution in [0.15, 0.2) is 12.1 Å². The van der Waals surface area contributed by atoms with Crippen molar-refractivity contribution >= 4 is 12.6 Å². The van der Waals surface area contributed by atoms with Crippen LogP contribution in [0.5, 0.6) is 11.5 Å². The molecule has 1 rings (SSSR count). The Bertz CT molecular complexity index is 329. The molecule has 1 aromatic rings. The molecule has 0 amide bonds. The van der Waals surface area contributed by atoms with Crippen molar-refractivity contribution in [2.24, 2.45) is 0 Å². The first kappa shape index (κ1) is 10.8. The Balaban J connectivity index is 3.36. The first-order chi connectivity index (χ1) is 6.61. The van der Waals surface area contributed by atoms with E-state index < -0.39 is 12.9 Å². The van der Waals surface area contributed by atoms with Crippen LogP contribution in [0.1, 0.15) is 0 Å². The van der Waals surface area contributed by atoms with E-state index in [0.29, 0.717) is 0 Å². The third-order valence-corrected chi connectivity index (χ3v) is 1.79. The highest BCUT2D eigenvalue weighted by molar-refractivity contribution is 6.61. The van der Waals surface area contributed by atoms with Crippen molar-refractivity contribution < 1.29 is 23.9 Å². The van der Waals surface area contributed by atoms with E-state index in [1.807, 2.05) is 0 Å². The maximum absolute atomic E-state index is 13.1. The minimum Gasteiger partial charge on any atom is -0.497 e. The molecule has 0 radical (unpaired) electrons. The van der Waals surface area contributed by atoms with Crippen molar-refractivity contribution in [3.05, 3.63) is 17.9 Å². The molecule has 1 aromatic carbocycles. The Labute approximate surface area is 81.0 Å². The first-order valence-electron chi connectivity index (χ1n) is 3.88. The van der Waals surface area contributed by atoms with Crippen molar-refractivity contribution in [2.75, 3.05) is 14.2 Å². The minimum atomic E-state index is -1.84. The summed E-state index contributed by atoms with van der Waals surface area (Å²) in [6.45, 7) is 0. The summed E-state index contributed by atoms with van der Waals surface area (Å²) in [7, 11) is 0.748. The fourth-order valence-electron chi connectivity index (χ4n) is 1.18. The van der Waals surface area contributed by atoms with E-state index in [9.17, 15) is 4.39 Å². The monoisotopic (exact) mass is 200 g/mol. The summed E-state index contributed by atoms with van der Waals surface area (Å²) in [6, 6.07) is 2.43. The topological polar surface area (TPSA) is 58.9 Å². The van der Waals surface area contributed by atoms with Gasteiger partial charge in [-0.15, -0.1) is 0 Å². The standard InChI is InChI=1S/C8H10BFO4/c1-13-6-4-3-5(10)8(14-2)7(6)9(11)12/h3-4,11-12H,1-2H3. The molecule has 0 aromatic heterocycles. The third-order valence-electron chi connectivity index (χ3n) is 1.79. The van der Waals surface area contributed by atoms with Gasteiger partial charge in [-0.3, -0.25) is 0 Å². The summed E-state index contributed by atoms with van der Waals surface area (Å²) in [5.74, 6) is -0.728. The van der Waals surface area contributed by atoms with Gasteiger partial charge < -0.3 is 19.5 Å². The van der Waals surface area contributed by atoms with Gasteiger partial charge in [0.2, 0.25) is 0 Å². The smallest absolute Gasteiger partial charge is 0.496 e. The molecule has 0 saturated heterocycles. The molecule has 6 heteroatoms. The summed E-state index contributed by atoms with van der Waals surface area (Å²) in [6.07, 6.45) is 0. The van der Waals surface area contributed by atoms with Crippen molar-refractivity contribution in [1.82, 2.24) is 0 Å². The van der Waals surface area contributed by atoms with Crippen LogP contribution in [0.25, 0.3) is 0 Å².